The second-order valence-electron chi connectivity index (χ2n) is 3.33. The summed E-state index contributed by atoms with van der Waals surface area (Å²) in [6.07, 6.45) is 2.84. The lowest BCUT2D eigenvalue weighted by atomic mass is 9.88. The average molecular weight is 197 g/mol. The van der Waals surface area contributed by atoms with Crippen molar-refractivity contribution in [1.82, 2.24) is 5.32 Å². The summed E-state index contributed by atoms with van der Waals surface area (Å²) in [7, 11) is 0. The summed E-state index contributed by atoms with van der Waals surface area (Å²) in [6.45, 7) is 3.01. The lowest BCUT2D eigenvalue weighted by molar-refractivity contribution is -0.145. The molecule has 1 heterocycles. The third-order valence-electron chi connectivity index (χ3n) is 2.16. The van der Waals surface area contributed by atoms with Crippen LogP contribution in [0.25, 0.3) is 0 Å². The van der Waals surface area contributed by atoms with Crippen LogP contribution in [0.15, 0.2) is 23.4 Å². The Morgan fingerprint density at radius 3 is 2.43 bits per heavy atom. The summed E-state index contributed by atoms with van der Waals surface area (Å²) in [5.74, 6) is -2.44. The molecule has 76 valence electrons. The number of hydrogen-bond donors (Lipinski definition) is 3. The highest BCUT2D eigenvalue weighted by atomic mass is 16.4. The molecule has 0 radical (unpaired) electrons. The summed E-state index contributed by atoms with van der Waals surface area (Å²) in [6, 6.07) is 0. The lowest BCUT2D eigenvalue weighted by Crippen LogP contribution is -2.52. The zero-order valence-electron chi connectivity index (χ0n) is 7.87. The fourth-order valence-electron chi connectivity index (χ4n) is 1.20. The van der Waals surface area contributed by atoms with Crippen LogP contribution in [0.1, 0.15) is 13.8 Å². The predicted molar refractivity (Wildman–Crippen MR) is 48.7 cm³/mol. The minimum atomic E-state index is -1.55. The molecule has 5 heteroatoms. The first-order valence-corrected chi connectivity index (χ1v) is 4.01. The highest BCUT2D eigenvalue weighted by Crippen LogP contribution is 2.23. The van der Waals surface area contributed by atoms with Gasteiger partial charge in [-0.05, 0) is 25.5 Å². The molecule has 0 amide bonds. The van der Waals surface area contributed by atoms with E-state index in [1.54, 1.807) is 6.92 Å². The highest BCUT2D eigenvalue weighted by Gasteiger charge is 2.41. The molecule has 1 aliphatic heterocycles. The van der Waals surface area contributed by atoms with Crippen molar-refractivity contribution in [2.75, 3.05) is 0 Å². The Bertz CT molecular complexity index is 356. The number of allylic oxidation sites excluding steroid dienone is 2. The number of nitrogens with one attached hydrogen (secondary N) is 1. The van der Waals surface area contributed by atoms with Crippen molar-refractivity contribution in [3.63, 3.8) is 0 Å². The fraction of sp³-hybridized carbons (Fsp3) is 0.333. The molecule has 1 aliphatic rings. The highest BCUT2D eigenvalue weighted by molar-refractivity contribution is 6.00. The summed E-state index contributed by atoms with van der Waals surface area (Å²) < 4.78 is 0. The van der Waals surface area contributed by atoms with E-state index in [0.29, 0.717) is 5.57 Å². The van der Waals surface area contributed by atoms with E-state index in [2.05, 4.69) is 5.32 Å². The largest absolute Gasteiger partial charge is 0.479 e. The first-order chi connectivity index (χ1) is 6.38. The molecule has 0 saturated carbocycles. The maximum absolute atomic E-state index is 10.9. The van der Waals surface area contributed by atoms with Gasteiger partial charge in [-0.2, -0.15) is 0 Å². The van der Waals surface area contributed by atoms with Gasteiger partial charge >= 0.3 is 11.9 Å². The molecule has 0 aromatic carbocycles. The van der Waals surface area contributed by atoms with Gasteiger partial charge in [0.05, 0.1) is 5.57 Å². The molecule has 5 nitrogen and oxygen atoms in total. The minimum Gasteiger partial charge on any atom is -0.479 e. The van der Waals surface area contributed by atoms with Crippen LogP contribution in [0.4, 0.5) is 0 Å². The summed E-state index contributed by atoms with van der Waals surface area (Å²) in [4.78, 5) is 21.7. The van der Waals surface area contributed by atoms with Crippen molar-refractivity contribution in [2.45, 2.75) is 19.4 Å². The zero-order valence-corrected chi connectivity index (χ0v) is 7.87. The van der Waals surface area contributed by atoms with Crippen LogP contribution in [-0.4, -0.2) is 27.7 Å². The van der Waals surface area contributed by atoms with Gasteiger partial charge in [0, 0.05) is 6.20 Å². The lowest BCUT2D eigenvalue weighted by Gasteiger charge is -2.29. The SMILES string of the molecule is CC1=CNC(C)(C(=O)O)C(C(=O)O)=C1. The van der Waals surface area contributed by atoms with Gasteiger partial charge < -0.3 is 15.5 Å². The fourth-order valence-corrected chi connectivity index (χ4v) is 1.20. The van der Waals surface area contributed by atoms with E-state index in [0.717, 1.165) is 0 Å². The monoisotopic (exact) mass is 197 g/mol. The molecule has 3 N–H and O–H groups in total. The van der Waals surface area contributed by atoms with Gasteiger partial charge in [0.15, 0.2) is 5.54 Å². The number of aliphatic carboxylic acids is 2. The normalized spacial score (nSPS) is 25.9. The Morgan fingerprint density at radius 1 is 1.43 bits per heavy atom. The number of carboxylic acids is 2. The van der Waals surface area contributed by atoms with Gasteiger partial charge in [0.25, 0.3) is 0 Å². The quantitative estimate of drug-likeness (QED) is 0.594. The van der Waals surface area contributed by atoms with Crippen LogP contribution >= 0.6 is 0 Å². The van der Waals surface area contributed by atoms with Crippen molar-refractivity contribution in [2.24, 2.45) is 0 Å². The standard InChI is InChI=1S/C9H11NO4/c1-5-3-6(7(11)12)9(2,8(13)14)10-4-5/h3-4,10H,1-2H3,(H,11,12)(H,13,14). The van der Waals surface area contributed by atoms with E-state index in [1.807, 2.05) is 0 Å². The van der Waals surface area contributed by atoms with E-state index < -0.39 is 17.5 Å². The molecule has 0 fully saturated rings. The van der Waals surface area contributed by atoms with Gasteiger partial charge in [-0.3, -0.25) is 0 Å². The molecule has 0 bridgehead atoms. The van der Waals surface area contributed by atoms with Crippen LogP contribution in [0.3, 0.4) is 0 Å². The molecular weight excluding hydrogens is 186 g/mol. The number of carbonyl (C=O) groups is 2. The molecule has 0 spiro atoms. The molecule has 0 aromatic rings. The van der Waals surface area contributed by atoms with Crippen molar-refractivity contribution in [1.29, 1.82) is 0 Å². The Kier molecular flexibility index (Phi) is 2.33. The minimum absolute atomic E-state index is 0.162. The van der Waals surface area contributed by atoms with Crippen LogP contribution in [-0.2, 0) is 9.59 Å². The maximum Gasteiger partial charge on any atom is 0.334 e. The van der Waals surface area contributed by atoms with Gasteiger partial charge in [0.2, 0.25) is 0 Å². The Labute approximate surface area is 80.7 Å². The second-order valence-corrected chi connectivity index (χ2v) is 3.33. The number of rotatable bonds is 2. The van der Waals surface area contributed by atoms with E-state index in [-0.39, 0.29) is 5.57 Å². The molecule has 0 aromatic heterocycles. The maximum atomic E-state index is 10.9. The Morgan fingerprint density at radius 2 is 2.00 bits per heavy atom. The predicted octanol–water partition coefficient (Wildman–Crippen LogP) is 0.348. The third kappa shape index (κ3) is 1.48. The first kappa shape index (κ1) is 10.3. The van der Waals surface area contributed by atoms with Crippen molar-refractivity contribution < 1.29 is 19.8 Å². The van der Waals surface area contributed by atoms with Gasteiger partial charge in [-0.15, -0.1) is 0 Å². The van der Waals surface area contributed by atoms with Crippen molar-refractivity contribution in [3.8, 4) is 0 Å². The van der Waals surface area contributed by atoms with E-state index >= 15 is 0 Å². The smallest absolute Gasteiger partial charge is 0.334 e. The van der Waals surface area contributed by atoms with Crippen molar-refractivity contribution >= 4 is 11.9 Å². The summed E-state index contributed by atoms with van der Waals surface area (Å²) >= 11 is 0. The summed E-state index contributed by atoms with van der Waals surface area (Å²) in [5, 5.41) is 20.3. The molecule has 1 atom stereocenters. The summed E-state index contributed by atoms with van der Waals surface area (Å²) in [5.41, 5.74) is -1.03. The van der Waals surface area contributed by atoms with Crippen LogP contribution in [0.2, 0.25) is 0 Å². The van der Waals surface area contributed by atoms with Crippen molar-refractivity contribution in [3.05, 3.63) is 23.4 Å². The molecule has 1 unspecified atom stereocenters. The van der Waals surface area contributed by atoms with E-state index in [1.165, 1.54) is 19.2 Å². The molecule has 0 aliphatic carbocycles. The van der Waals surface area contributed by atoms with Gasteiger partial charge in [0.1, 0.15) is 0 Å². The zero-order chi connectivity index (χ0) is 10.9. The second kappa shape index (κ2) is 3.17. The molecular formula is C9H11NO4. The molecule has 1 rings (SSSR count). The number of carboxylic acid groups (broad SMARTS) is 2. The van der Waals surface area contributed by atoms with Gasteiger partial charge in [-0.25, -0.2) is 9.59 Å². The Hall–Kier alpha value is -1.78. The van der Waals surface area contributed by atoms with Crippen LogP contribution in [0.5, 0.6) is 0 Å². The number of dihydropyridines is 1. The third-order valence-corrected chi connectivity index (χ3v) is 2.16. The topological polar surface area (TPSA) is 86.6 Å². The number of hydrogen-bond acceptors (Lipinski definition) is 3. The van der Waals surface area contributed by atoms with E-state index in [4.69, 9.17) is 10.2 Å². The molecule has 14 heavy (non-hydrogen) atoms. The van der Waals surface area contributed by atoms with Gasteiger partial charge in [-0.1, -0.05) is 0 Å². The van der Waals surface area contributed by atoms with Crippen LogP contribution in [0, 0.1) is 0 Å². The average Bonchev–Trinajstić information content (AvgIpc) is 2.08. The Balaban J connectivity index is 3.20. The first-order valence-electron chi connectivity index (χ1n) is 4.01. The molecule has 0 saturated heterocycles. The van der Waals surface area contributed by atoms with Crippen LogP contribution < -0.4 is 5.32 Å². The van der Waals surface area contributed by atoms with E-state index in [9.17, 15) is 9.59 Å².